The van der Waals surface area contributed by atoms with Crippen LogP contribution in [0, 0.1) is 5.82 Å². The average Bonchev–Trinajstić information content (AvgIpc) is 2.51. The first kappa shape index (κ1) is 18.6. The third-order valence-electron chi connectivity index (χ3n) is 3.02. The molecule has 2 aromatic rings. The molecule has 0 spiro atoms. The third-order valence-corrected chi connectivity index (χ3v) is 5.30. The predicted molar refractivity (Wildman–Crippen MR) is 89.5 cm³/mol. The van der Waals surface area contributed by atoms with Crippen LogP contribution < -0.4 is 0 Å². The van der Waals surface area contributed by atoms with Gasteiger partial charge in [0.1, 0.15) is 5.82 Å². The SMILES string of the molecule is O=C(O)C(O)c1ccc(-c2c(Cl)c(Cl)c(Cl)c(Cl)c2Cl)c(F)c1. The lowest BCUT2D eigenvalue weighted by atomic mass is 10.0. The molecule has 0 aromatic heterocycles. The van der Waals surface area contributed by atoms with Crippen molar-refractivity contribution in [3.8, 4) is 11.1 Å². The Labute approximate surface area is 155 Å². The zero-order valence-electron chi connectivity index (χ0n) is 10.9. The summed E-state index contributed by atoms with van der Waals surface area (Å²) in [5.41, 5.74) is -0.194. The zero-order chi connectivity index (χ0) is 17.5. The molecule has 0 fully saturated rings. The smallest absolute Gasteiger partial charge is 0.337 e. The Morgan fingerprint density at radius 1 is 0.957 bits per heavy atom. The van der Waals surface area contributed by atoms with Gasteiger partial charge in [0.15, 0.2) is 6.10 Å². The number of aliphatic carboxylic acids is 1. The summed E-state index contributed by atoms with van der Waals surface area (Å²) in [7, 11) is 0. The maximum Gasteiger partial charge on any atom is 0.337 e. The number of hydrogen-bond acceptors (Lipinski definition) is 2. The van der Waals surface area contributed by atoms with Crippen molar-refractivity contribution in [2.75, 3.05) is 0 Å². The molecule has 0 saturated carbocycles. The molecule has 1 unspecified atom stereocenters. The van der Waals surface area contributed by atoms with Gasteiger partial charge in [-0.05, 0) is 11.6 Å². The van der Waals surface area contributed by atoms with E-state index >= 15 is 0 Å². The third kappa shape index (κ3) is 3.38. The highest BCUT2D eigenvalue weighted by Crippen LogP contribution is 2.48. The summed E-state index contributed by atoms with van der Waals surface area (Å²) in [5, 5.41) is 17.7. The molecule has 0 bridgehead atoms. The van der Waals surface area contributed by atoms with Crippen LogP contribution in [0.5, 0.6) is 0 Å². The molecular weight excluding hydrogens is 412 g/mol. The van der Waals surface area contributed by atoms with Gasteiger partial charge in [-0.25, -0.2) is 9.18 Å². The fraction of sp³-hybridized carbons (Fsp3) is 0.0714. The summed E-state index contributed by atoms with van der Waals surface area (Å²) in [6.07, 6.45) is -1.86. The van der Waals surface area contributed by atoms with Gasteiger partial charge in [-0.3, -0.25) is 0 Å². The lowest BCUT2D eigenvalue weighted by molar-refractivity contribution is -0.146. The van der Waals surface area contributed by atoms with Crippen molar-refractivity contribution < 1.29 is 19.4 Å². The number of aliphatic hydroxyl groups is 1. The summed E-state index contributed by atoms with van der Waals surface area (Å²) >= 11 is 29.9. The first-order valence-corrected chi connectivity index (χ1v) is 7.78. The Bertz CT molecular complexity index is 780. The van der Waals surface area contributed by atoms with E-state index < -0.39 is 17.9 Å². The number of halogens is 6. The molecule has 122 valence electrons. The number of rotatable bonds is 3. The second-order valence-electron chi connectivity index (χ2n) is 4.42. The van der Waals surface area contributed by atoms with Crippen molar-refractivity contribution in [2.24, 2.45) is 0 Å². The van der Waals surface area contributed by atoms with Gasteiger partial charge in [0.2, 0.25) is 0 Å². The van der Waals surface area contributed by atoms with Crippen LogP contribution >= 0.6 is 58.0 Å². The van der Waals surface area contributed by atoms with Gasteiger partial charge >= 0.3 is 5.97 Å². The molecular formula is C14H6Cl5FO3. The predicted octanol–water partition coefficient (Wildman–Crippen LogP) is 5.88. The van der Waals surface area contributed by atoms with Crippen LogP contribution in [0.1, 0.15) is 11.7 Å². The number of benzene rings is 2. The monoisotopic (exact) mass is 416 g/mol. The molecule has 0 aliphatic carbocycles. The number of carboxylic acid groups (broad SMARTS) is 1. The minimum Gasteiger partial charge on any atom is -0.479 e. The summed E-state index contributed by atoms with van der Waals surface area (Å²) in [6, 6.07) is 3.29. The van der Waals surface area contributed by atoms with E-state index in [1.54, 1.807) is 0 Å². The Kier molecular flexibility index (Phi) is 5.67. The average molecular weight is 418 g/mol. The highest BCUT2D eigenvalue weighted by molar-refractivity contribution is 6.56. The van der Waals surface area contributed by atoms with Gasteiger partial charge in [0.25, 0.3) is 0 Å². The lowest BCUT2D eigenvalue weighted by Crippen LogP contribution is -2.10. The van der Waals surface area contributed by atoms with Gasteiger partial charge in [-0.2, -0.15) is 0 Å². The number of carbonyl (C=O) groups is 1. The van der Waals surface area contributed by atoms with Crippen LogP contribution in [-0.4, -0.2) is 16.2 Å². The van der Waals surface area contributed by atoms with Crippen LogP contribution in [0.3, 0.4) is 0 Å². The quantitative estimate of drug-likeness (QED) is 0.484. The van der Waals surface area contributed by atoms with Crippen LogP contribution in [0.2, 0.25) is 25.1 Å². The molecule has 0 radical (unpaired) electrons. The van der Waals surface area contributed by atoms with Crippen LogP contribution in [0.4, 0.5) is 4.39 Å². The molecule has 0 aliphatic heterocycles. The number of aliphatic hydroxyl groups excluding tert-OH is 1. The minimum absolute atomic E-state index is 0.0154. The van der Waals surface area contributed by atoms with Crippen LogP contribution in [-0.2, 0) is 4.79 Å². The molecule has 0 aliphatic rings. The van der Waals surface area contributed by atoms with Crippen molar-refractivity contribution in [1.82, 2.24) is 0 Å². The van der Waals surface area contributed by atoms with E-state index in [1.165, 1.54) is 12.1 Å². The van der Waals surface area contributed by atoms with Crippen molar-refractivity contribution in [2.45, 2.75) is 6.10 Å². The Balaban J connectivity index is 2.67. The number of carboxylic acids is 1. The van der Waals surface area contributed by atoms with E-state index in [2.05, 4.69) is 0 Å². The molecule has 0 amide bonds. The highest BCUT2D eigenvalue weighted by Gasteiger charge is 2.24. The standard InChI is InChI=1S/C14H6Cl5FO3/c15-8-7(9(16)11(18)12(19)10(8)17)5-2-1-4(3-6(5)20)13(21)14(22)23/h1-3,13,21H,(H,22,23). The fourth-order valence-electron chi connectivity index (χ4n) is 1.89. The van der Waals surface area contributed by atoms with E-state index in [9.17, 15) is 14.3 Å². The molecule has 2 aromatic carbocycles. The maximum absolute atomic E-state index is 14.3. The van der Waals surface area contributed by atoms with Gasteiger partial charge in [0, 0.05) is 11.1 Å². The van der Waals surface area contributed by atoms with E-state index in [0.29, 0.717) is 0 Å². The molecule has 9 heteroatoms. The second kappa shape index (κ2) is 7.01. The van der Waals surface area contributed by atoms with E-state index in [1.807, 2.05) is 0 Å². The molecule has 2 N–H and O–H groups in total. The normalized spacial score (nSPS) is 12.3. The Hall–Kier alpha value is -0.750. The molecule has 1 atom stereocenters. The van der Waals surface area contributed by atoms with Crippen molar-refractivity contribution in [1.29, 1.82) is 0 Å². The molecule has 3 nitrogen and oxygen atoms in total. The van der Waals surface area contributed by atoms with Crippen molar-refractivity contribution in [3.63, 3.8) is 0 Å². The van der Waals surface area contributed by atoms with Gasteiger partial charge in [0.05, 0.1) is 25.1 Å². The van der Waals surface area contributed by atoms with E-state index in [4.69, 9.17) is 63.1 Å². The summed E-state index contributed by atoms with van der Waals surface area (Å²) < 4.78 is 14.3. The summed E-state index contributed by atoms with van der Waals surface area (Å²) in [5.74, 6) is -2.37. The Morgan fingerprint density at radius 2 is 1.43 bits per heavy atom. The van der Waals surface area contributed by atoms with Crippen LogP contribution in [0.15, 0.2) is 18.2 Å². The highest BCUT2D eigenvalue weighted by atomic mass is 35.5. The van der Waals surface area contributed by atoms with Crippen LogP contribution in [0.25, 0.3) is 11.1 Å². The zero-order valence-corrected chi connectivity index (χ0v) is 14.7. The summed E-state index contributed by atoms with van der Waals surface area (Å²) in [4.78, 5) is 10.7. The second-order valence-corrected chi connectivity index (χ2v) is 6.31. The minimum atomic E-state index is -1.86. The molecule has 23 heavy (non-hydrogen) atoms. The van der Waals surface area contributed by atoms with Gasteiger partial charge in [-0.15, -0.1) is 0 Å². The topological polar surface area (TPSA) is 57.5 Å². The lowest BCUT2D eigenvalue weighted by Gasteiger charge is -2.14. The number of hydrogen-bond donors (Lipinski definition) is 2. The van der Waals surface area contributed by atoms with E-state index in [0.717, 1.165) is 6.07 Å². The molecule has 0 saturated heterocycles. The first-order chi connectivity index (χ1) is 10.7. The van der Waals surface area contributed by atoms with E-state index in [-0.39, 0.29) is 41.8 Å². The van der Waals surface area contributed by atoms with Gasteiger partial charge in [-0.1, -0.05) is 70.1 Å². The van der Waals surface area contributed by atoms with Gasteiger partial charge < -0.3 is 10.2 Å². The first-order valence-electron chi connectivity index (χ1n) is 5.89. The molecule has 0 heterocycles. The van der Waals surface area contributed by atoms with Crippen molar-refractivity contribution >= 4 is 64.0 Å². The summed E-state index contributed by atoms with van der Waals surface area (Å²) in [6.45, 7) is 0. The Morgan fingerprint density at radius 3 is 1.87 bits per heavy atom. The van der Waals surface area contributed by atoms with Crippen molar-refractivity contribution in [3.05, 3.63) is 54.7 Å². The fourth-order valence-corrected chi connectivity index (χ4v) is 3.23. The largest absolute Gasteiger partial charge is 0.479 e. The molecule has 2 rings (SSSR count). The maximum atomic E-state index is 14.3.